The molecule has 0 spiro atoms. The summed E-state index contributed by atoms with van der Waals surface area (Å²) >= 11 is 0. The van der Waals surface area contributed by atoms with Gasteiger partial charge in [-0.2, -0.15) is 0 Å². The van der Waals surface area contributed by atoms with Gasteiger partial charge < -0.3 is 0 Å². The highest BCUT2D eigenvalue weighted by Gasteiger charge is 2.05. The minimum absolute atomic E-state index is 0.556. The largest absolute Gasteiger partial charge is 0.258 e. The Bertz CT molecular complexity index is 293. The molecular weight excluding hydrogens is 194 g/mol. The van der Waals surface area contributed by atoms with Crippen LogP contribution in [0.1, 0.15) is 47.5 Å². The van der Waals surface area contributed by atoms with Gasteiger partial charge in [-0.05, 0) is 39.2 Å². The van der Waals surface area contributed by atoms with E-state index in [0.29, 0.717) is 5.92 Å². The first-order valence-corrected chi connectivity index (χ1v) is 6.16. The average Bonchev–Trinajstić information content (AvgIpc) is 2.26. The van der Waals surface area contributed by atoms with Crippen LogP contribution >= 0.6 is 0 Å². The van der Waals surface area contributed by atoms with Crippen LogP contribution in [-0.4, -0.2) is 5.71 Å². The molecule has 0 heterocycles. The van der Waals surface area contributed by atoms with Crippen LogP contribution < -0.4 is 0 Å². The van der Waals surface area contributed by atoms with Gasteiger partial charge in [0.05, 0.1) is 0 Å². The Morgan fingerprint density at radius 1 is 1.25 bits per heavy atom. The van der Waals surface area contributed by atoms with Crippen molar-refractivity contribution in [2.45, 2.75) is 47.5 Å². The van der Waals surface area contributed by atoms with E-state index in [1.165, 1.54) is 18.5 Å². The summed E-state index contributed by atoms with van der Waals surface area (Å²) < 4.78 is 0. The third-order valence-corrected chi connectivity index (χ3v) is 2.47. The second-order valence-electron chi connectivity index (χ2n) is 4.04. The first kappa shape index (κ1) is 14.9. The van der Waals surface area contributed by atoms with E-state index in [9.17, 15) is 0 Å². The number of nitrogens with zero attached hydrogens (tertiary/aromatic N) is 1. The average molecular weight is 219 g/mol. The van der Waals surface area contributed by atoms with Crippen LogP contribution in [0.25, 0.3) is 0 Å². The SMILES string of the molecule is C\C=C/C=C\C(C)=N\C(=C/C)C(C)CCC. The lowest BCUT2D eigenvalue weighted by Crippen LogP contribution is -1.99. The lowest BCUT2D eigenvalue weighted by Gasteiger charge is -2.10. The van der Waals surface area contributed by atoms with E-state index >= 15 is 0 Å². The number of rotatable bonds is 6. The highest BCUT2D eigenvalue weighted by atomic mass is 14.8. The smallest absolute Gasteiger partial charge is 0.0392 e. The first-order chi connectivity index (χ1) is 7.65. The van der Waals surface area contributed by atoms with Crippen molar-refractivity contribution in [3.63, 3.8) is 0 Å². The predicted molar refractivity (Wildman–Crippen MR) is 74.9 cm³/mol. The Labute approximate surface area is 101 Å². The summed E-state index contributed by atoms with van der Waals surface area (Å²) in [7, 11) is 0. The Hall–Kier alpha value is -1.11. The normalized spacial score (nSPS) is 16.3. The highest BCUT2D eigenvalue weighted by Crippen LogP contribution is 2.17. The summed E-state index contributed by atoms with van der Waals surface area (Å²) in [5, 5.41) is 0. The lowest BCUT2D eigenvalue weighted by molar-refractivity contribution is 0.595. The molecule has 0 aromatic carbocycles. The summed E-state index contributed by atoms with van der Waals surface area (Å²) in [6.07, 6.45) is 12.6. The Kier molecular flexibility index (Phi) is 8.51. The fourth-order valence-electron chi connectivity index (χ4n) is 1.59. The molecule has 0 radical (unpaired) electrons. The molecule has 0 rings (SSSR count). The van der Waals surface area contributed by atoms with Gasteiger partial charge in [-0.25, -0.2) is 0 Å². The molecule has 1 atom stereocenters. The van der Waals surface area contributed by atoms with E-state index in [1.807, 2.05) is 38.2 Å². The Morgan fingerprint density at radius 3 is 2.44 bits per heavy atom. The molecule has 0 N–H and O–H groups in total. The van der Waals surface area contributed by atoms with Crippen LogP contribution in [0, 0.1) is 5.92 Å². The molecule has 1 unspecified atom stereocenters. The molecule has 0 aliphatic carbocycles. The van der Waals surface area contributed by atoms with Crippen LogP contribution in [0.4, 0.5) is 0 Å². The van der Waals surface area contributed by atoms with E-state index < -0.39 is 0 Å². The van der Waals surface area contributed by atoms with Crippen molar-refractivity contribution in [2.75, 3.05) is 0 Å². The van der Waals surface area contributed by atoms with Crippen molar-refractivity contribution in [3.8, 4) is 0 Å². The van der Waals surface area contributed by atoms with E-state index in [0.717, 1.165) is 5.71 Å². The molecule has 90 valence electrons. The molecule has 1 heteroatoms. The molecular formula is C15H25N. The monoisotopic (exact) mass is 219 g/mol. The van der Waals surface area contributed by atoms with Crippen molar-refractivity contribution >= 4 is 5.71 Å². The summed E-state index contributed by atoms with van der Waals surface area (Å²) in [5.74, 6) is 0.556. The van der Waals surface area contributed by atoms with E-state index in [2.05, 4.69) is 31.8 Å². The highest BCUT2D eigenvalue weighted by molar-refractivity contribution is 5.93. The quantitative estimate of drug-likeness (QED) is 0.444. The van der Waals surface area contributed by atoms with E-state index in [-0.39, 0.29) is 0 Å². The van der Waals surface area contributed by atoms with Gasteiger partial charge in [-0.15, -0.1) is 0 Å². The molecule has 0 amide bonds. The molecule has 0 fully saturated rings. The maximum Gasteiger partial charge on any atom is 0.0392 e. The molecule has 0 bridgehead atoms. The van der Waals surface area contributed by atoms with Gasteiger partial charge in [0, 0.05) is 11.4 Å². The molecule has 0 aromatic rings. The van der Waals surface area contributed by atoms with Crippen molar-refractivity contribution < 1.29 is 0 Å². The number of hydrogen-bond acceptors (Lipinski definition) is 1. The molecule has 0 saturated carbocycles. The zero-order valence-corrected chi connectivity index (χ0v) is 11.3. The topological polar surface area (TPSA) is 12.4 Å². The van der Waals surface area contributed by atoms with Gasteiger partial charge >= 0.3 is 0 Å². The van der Waals surface area contributed by atoms with Crippen molar-refractivity contribution in [1.82, 2.24) is 0 Å². The zero-order valence-electron chi connectivity index (χ0n) is 11.3. The number of hydrogen-bond donors (Lipinski definition) is 0. The van der Waals surface area contributed by atoms with E-state index in [4.69, 9.17) is 0 Å². The summed E-state index contributed by atoms with van der Waals surface area (Å²) in [4.78, 5) is 4.64. The maximum atomic E-state index is 4.64. The predicted octanol–water partition coefficient (Wildman–Crippen LogP) is 4.92. The van der Waals surface area contributed by atoms with Crippen LogP contribution in [0.5, 0.6) is 0 Å². The molecule has 16 heavy (non-hydrogen) atoms. The fraction of sp³-hybridized carbons (Fsp3) is 0.533. The lowest BCUT2D eigenvalue weighted by atomic mass is 10.0. The van der Waals surface area contributed by atoms with Crippen molar-refractivity contribution in [3.05, 3.63) is 36.1 Å². The van der Waals surface area contributed by atoms with Crippen molar-refractivity contribution in [1.29, 1.82) is 0 Å². The minimum Gasteiger partial charge on any atom is -0.258 e. The van der Waals surface area contributed by atoms with Gasteiger partial charge in [0.2, 0.25) is 0 Å². The zero-order chi connectivity index (χ0) is 12.4. The Morgan fingerprint density at radius 2 is 1.94 bits per heavy atom. The molecule has 0 aliphatic rings. The maximum absolute atomic E-state index is 4.64. The van der Waals surface area contributed by atoms with Gasteiger partial charge in [0.25, 0.3) is 0 Å². The van der Waals surface area contributed by atoms with Crippen LogP contribution in [-0.2, 0) is 0 Å². The van der Waals surface area contributed by atoms with Gasteiger partial charge in [0.15, 0.2) is 0 Å². The second kappa shape index (κ2) is 9.14. The molecule has 0 aliphatic heterocycles. The van der Waals surface area contributed by atoms with Crippen LogP contribution in [0.15, 0.2) is 41.1 Å². The van der Waals surface area contributed by atoms with Crippen molar-refractivity contribution in [2.24, 2.45) is 10.9 Å². The number of allylic oxidation sites excluding steroid dienone is 6. The molecule has 1 nitrogen and oxygen atoms in total. The number of aliphatic imine (C=N–C) groups is 1. The third kappa shape index (κ3) is 6.39. The first-order valence-electron chi connectivity index (χ1n) is 6.16. The standard InChI is InChI=1S/C15H25N/c1-6-9-10-12-14(5)16-15(8-3)13(4)11-7-2/h6,8-10,12-13H,7,11H2,1-5H3/b9-6-,12-10-,15-8-,16-14+. The molecule has 0 saturated heterocycles. The van der Waals surface area contributed by atoms with Crippen LogP contribution in [0.3, 0.4) is 0 Å². The van der Waals surface area contributed by atoms with Gasteiger partial charge in [-0.3, -0.25) is 4.99 Å². The van der Waals surface area contributed by atoms with Gasteiger partial charge in [-0.1, -0.05) is 44.6 Å². The second-order valence-corrected chi connectivity index (χ2v) is 4.04. The minimum atomic E-state index is 0.556. The summed E-state index contributed by atoms with van der Waals surface area (Å²) in [6, 6.07) is 0. The summed E-state index contributed by atoms with van der Waals surface area (Å²) in [5.41, 5.74) is 2.26. The van der Waals surface area contributed by atoms with Gasteiger partial charge in [0.1, 0.15) is 0 Å². The fourth-order valence-corrected chi connectivity index (χ4v) is 1.59. The van der Waals surface area contributed by atoms with Crippen LogP contribution in [0.2, 0.25) is 0 Å². The summed E-state index contributed by atoms with van der Waals surface area (Å²) in [6.45, 7) is 10.6. The Balaban J connectivity index is 4.57. The van der Waals surface area contributed by atoms with E-state index in [1.54, 1.807) is 0 Å². The molecule has 0 aromatic heterocycles. The third-order valence-electron chi connectivity index (χ3n) is 2.47.